The predicted octanol–water partition coefficient (Wildman–Crippen LogP) is 1.53. The van der Waals surface area contributed by atoms with E-state index < -0.39 is 10.0 Å². The van der Waals surface area contributed by atoms with Crippen LogP contribution in [0, 0.1) is 12.8 Å². The van der Waals surface area contributed by atoms with Gasteiger partial charge in [0.2, 0.25) is 10.0 Å². The van der Waals surface area contributed by atoms with Crippen LogP contribution in [0.5, 0.6) is 0 Å². The number of benzene rings is 1. The molecule has 0 radical (unpaired) electrons. The number of nitrogens with one attached hydrogen (secondary N) is 1. The van der Waals surface area contributed by atoms with Gasteiger partial charge in [0.05, 0.1) is 18.5 Å². The lowest BCUT2D eigenvalue weighted by atomic mass is 9.82. The van der Waals surface area contributed by atoms with Crippen LogP contribution >= 0.6 is 0 Å². The highest BCUT2D eigenvalue weighted by molar-refractivity contribution is 7.88. The highest BCUT2D eigenvalue weighted by atomic mass is 32.2. The van der Waals surface area contributed by atoms with Gasteiger partial charge >= 0.3 is 0 Å². The van der Waals surface area contributed by atoms with Gasteiger partial charge in [0, 0.05) is 26.2 Å². The average molecular weight is 338 g/mol. The van der Waals surface area contributed by atoms with Crippen molar-refractivity contribution in [3.05, 3.63) is 35.4 Å². The van der Waals surface area contributed by atoms with Gasteiger partial charge in [-0.25, -0.2) is 13.1 Å². The van der Waals surface area contributed by atoms with Gasteiger partial charge in [-0.05, 0) is 36.8 Å². The molecule has 2 heterocycles. The van der Waals surface area contributed by atoms with Crippen molar-refractivity contribution in [1.82, 2.24) is 9.62 Å². The van der Waals surface area contributed by atoms with E-state index in [4.69, 9.17) is 4.74 Å². The lowest BCUT2D eigenvalue weighted by Gasteiger charge is -2.53. The number of aryl methyl sites for hydroxylation is 1. The maximum Gasteiger partial charge on any atom is 0.208 e. The van der Waals surface area contributed by atoms with Crippen LogP contribution in [0.25, 0.3) is 0 Å². The molecule has 1 aromatic carbocycles. The number of sulfonamides is 1. The zero-order chi connectivity index (χ0) is 16.5. The van der Waals surface area contributed by atoms with E-state index in [1.54, 1.807) is 0 Å². The standard InChI is InChI=1S/C17H26N2O3S/c1-14-5-3-4-6-16(14)10-19-12-17(13-19)8-7-15(11-22-17)9-18-23(2,20)21/h3-6,15,18H,7-13H2,1-2H3/t15-/m1/s1. The molecule has 5 nitrogen and oxygen atoms in total. The smallest absolute Gasteiger partial charge is 0.208 e. The fourth-order valence-corrected chi connectivity index (χ4v) is 4.04. The summed E-state index contributed by atoms with van der Waals surface area (Å²) < 4.78 is 31.0. The van der Waals surface area contributed by atoms with Crippen LogP contribution in [0.15, 0.2) is 24.3 Å². The Hall–Kier alpha value is -0.950. The molecule has 0 unspecified atom stereocenters. The summed E-state index contributed by atoms with van der Waals surface area (Å²) in [4.78, 5) is 2.43. The molecule has 0 aromatic heterocycles. The fourth-order valence-electron chi connectivity index (χ4n) is 3.51. The summed E-state index contributed by atoms with van der Waals surface area (Å²) in [6.45, 7) is 6.24. The van der Waals surface area contributed by atoms with E-state index in [2.05, 4.69) is 40.8 Å². The third kappa shape index (κ3) is 4.32. The van der Waals surface area contributed by atoms with E-state index in [-0.39, 0.29) is 5.60 Å². The zero-order valence-electron chi connectivity index (χ0n) is 13.9. The molecule has 23 heavy (non-hydrogen) atoms. The topological polar surface area (TPSA) is 58.6 Å². The molecule has 2 fully saturated rings. The normalized spacial score (nSPS) is 24.5. The van der Waals surface area contributed by atoms with Crippen molar-refractivity contribution in [3.8, 4) is 0 Å². The molecule has 3 rings (SSSR count). The van der Waals surface area contributed by atoms with Crippen molar-refractivity contribution in [2.24, 2.45) is 5.92 Å². The third-order valence-electron chi connectivity index (χ3n) is 4.95. The van der Waals surface area contributed by atoms with Crippen molar-refractivity contribution in [2.75, 3.05) is 32.5 Å². The first-order chi connectivity index (χ1) is 10.9. The Kier molecular flexibility index (Phi) is 4.78. The van der Waals surface area contributed by atoms with E-state index in [1.807, 2.05) is 0 Å². The molecule has 1 N–H and O–H groups in total. The van der Waals surface area contributed by atoms with Crippen LogP contribution in [-0.2, 0) is 21.3 Å². The fraction of sp³-hybridized carbons (Fsp3) is 0.647. The number of likely N-dealkylation sites (tertiary alicyclic amines) is 1. The summed E-state index contributed by atoms with van der Waals surface area (Å²) in [5.74, 6) is 0.292. The molecule has 0 aliphatic carbocycles. The zero-order valence-corrected chi connectivity index (χ0v) is 14.7. The SMILES string of the molecule is Cc1ccccc1CN1CC2(CC[C@H](CNS(C)(=O)=O)CO2)C1. The van der Waals surface area contributed by atoms with Crippen LogP contribution < -0.4 is 4.72 Å². The van der Waals surface area contributed by atoms with Crippen molar-refractivity contribution in [3.63, 3.8) is 0 Å². The molecule has 1 spiro atoms. The Bertz CT molecular complexity index is 644. The van der Waals surface area contributed by atoms with Gasteiger partial charge in [0.15, 0.2) is 0 Å². The van der Waals surface area contributed by atoms with Crippen molar-refractivity contribution in [2.45, 2.75) is 31.9 Å². The van der Waals surface area contributed by atoms with Crippen LogP contribution in [0.3, 0.4) is 0 Å². The van der Waals surface area contributed by atoms with Gasteiger partial charge in [0.25, 0.3) is 0 Å². The summed E-state index contributed by atoms with van der Waals surface area (Å²) in [6, 6.07) is 8.51. The summed E-state index contributed by atoms with van der Waals surface area (Å²) in [5.41, 5.74) is 2.72. The van der Waals surface area contributed by atoms with Crippen LogP contribution in [0.2, 0.25) is 0 Å². The lowest BCUT2D eigenvalue weighted by Crippen LogP contribution is -2.64. The third-order valence-corrected chi connectivity index (χ3v) is 5.64. The molecular weight excluding hydrogens is 312 g/mol. The van der Waals surface area contributed by atoms with E-state index in [0.29, 0.717) is 19.1 Å². The molecule has 0 bridgehead atoms. The number of hydrogen-bond donors (Lipinski definition) is 1. The van der Waals surface area contributed by atoms with Gasteiger partial charge in [-0.2, -0.15) is 0 Å². The lowest BCUT2D eigenvalue weighted by molar-refractivity contribution is -0.181. The number of ether oxygens (including phenoxy) is 1. The molecule has 0 saturated carbocycles. The molecule has 1 aromatic rings. The first kappa shape index (κ1) is 16.9. The highest BCUT2D eigenvalue weighted by Gasteiger charge is 2.46. The molecule has 2 aliphatic heterocycles. The Balaban J connectivity index is 1.44. The number of nitrogens with zero attached hydrogens (tertiary/aromatic N) is 1. The minimum Gasteiger partial charge on any atom is -0.372 e. The maximum atomic E-state index is 11.2. The first-order valence-electron chi connectivity index (χ1n) is 8.21. The van der Waals surface area contributed by atoms with Gasteiger partial charge in [0.1, 0.15) is 0 Å². The van der Waals surface area contributed by atoms with E-state index in [1.165, 1.54) is 17.4 Å². The van der Waals surface area contributed by atoms with Crippen LogP contribution in [0.1, 0.15) is 24.0 Å². The van der Waals surface area contributed by atoms with Gasteiger partial charge in [-0.1, -0.05) is 24.3 Å². The van der Waals surface area contributed by atoms with Gasteiger partial charge < -0.3 is 4.74 Å². The predicted molar refractivity (Wildman–Crippen MR) is 90.7 cm³/mol. The minimum absolute atomic E-state index is 0.00424. The molecule has 6 heteroatoms. The molecular formula is C17H26N2O3S. The van der Waals surface area contributed by atoms with Crippen molar-refractivity contribution < 1.29 is 13.2 Å². The number of hydrogen-bond acceptors (Lipinski definition) is 4. The van der Waals surface area contributed by atoms with Crippen LogP contribution in [-0.4, -0.2) is 51.4 Å². The Morgan fingerprint density at radius 1 is 1.35 bits per heavy atom. The molecule has 0 amide bonds. The largest absolute Gasteiger partial charge is 0.372 e. The summed E-state index contributed by atoms with van der Waals surface area (Å²) in [5, 5.41) is 0. The second-order valence-corrected chi connectivity index (χ2v) is 8.92. The van der Waals surface area contributed by atoms with Crippen LogP contribution in [0.4, 0.5) is 0 Å². The average Bonchev–Trinajstić information content (AvgIpc) is 2.46. The van der Waals surface area contributed by atoms with Crippen molar-refractivity contribution >= 4 is 10.0 Å². The Morgan fingerprint density at radius 2 is 2.09 bits per heavy atom. The second-order valence-electron chi connectivity index (χ2n) is 7.09. The molecule has 1 atom stereocenters. The number of rotatable bonds is 5. The van der Waals surface area contributed by atoms with Gasteiger partial charge in [-0.15, -0.1) is 0 Å². The summed E-state index contributed by atoms with van der Waals surface area (Å²) in [6.07, 6.45) is 3.25. The van der Waals surface area contributed by atoms with Crippen molar-refractivity contribution in [1.29, 1.82) is 0 Å². The second kappa shape index (κ2) is 6.51. The summed E-state index contributed by atoms with van der Waals surface area (Å²) >= 11 is 0. The first-order valence-corrected chi connectivity index (χ1v) is 10.1. The van der Waals surface area contributed by atoms with E-state index in [9.17, 15) is 8.42 Å². The monoisotopic (exact) mass is 338 g/mol. The minimum atomic E-state index is -3.11. The highest BCUT2D eigenvalue weighted by Crippen LogP contribution is 2.36. The molecule has 128 valence electrons. The summed E-state index contributed by atoms with van der Waals surface area (Å²) in [7, 11) is -3.11. The molecule has 2 saturated heterocycles. The van der Waals surface area contributed by atoms with E-state index >= 15 is 0 Å². The van der Waals surface area contributed by atoms with E-state index in [0.717, 1.165) is 32.5 Å². The molecule has 2 aliphatic rings. The van der Waals surface area contributed by atoms with Gasteiger partial charge in [-0.3, -0.25) is 4.90 Å². The Morgan fingerprint density at radius 3 is 2.70 bits per heavy atom. The quantitative estimate of drug-likeness (QED) is 0.884. The Labute approximate surface area is 139 Å². The maximum absolute atomic E-state index is 11.2.